The maximum atomic E-state index is 6.35. The van der Waals surface area contributed by atoms with E-state index in [1.807, 2.05) is 12.1 Å². The third kappa shape index (κ3) is 3.71. The summed E-state index contributed by atoms with van der Waals surface area (Å²) in [6, 6.07) is 8.22. The van der Waals surface area contributed by atoms with Crippen molar-refractivity contribution in [2.45, 2.75) is 32.6 Å². The van der Waals surface area contributed by atoms with E-state index in [4.69, 9.17) is 16.3 Å². The van der Waals surface area contributed by atoms with Crippen LogP contribution in [-0.2, 0) is 6.42 Å². The number of benzene rings is 1. The minimum Gasteiger partial charge on any atom is -0.497 e. The van der Waals surface area contributed by atoms with E-state index in [9.17, 15) is 0 Å². The Morgan fingerprint density at radius 2 is 1.69 bits per heavy atom. The van der Waals surface area contributed by atoms with Crippen LogP contribution < -0.4 is 4.74 Å². The molecule has 16 heavy (non-hydrogen) atoms. The molecule has 0 aliphatic rings. The Kier molecular flexibility index (Phi) is 5.14. The highest BCUT2D eigenvalue weighted by atomic mass is 35.5. The molecule has 1 aromatic carbocycles. The molecule has 0 saturated carbocycles. The molecule has 90 valence electrons. The Morgan fingerprint density at radius 1 is 1.12 bits per heavy atom. The number of hydrogen-bond donors (Lipinski definition) is 0. The molecule has 0 spiro atoms. The summed E-state index contributed by atoms with van der Waals surface area (Å²) in [5, 5.41) is 0.238. The zero-order valence-corrected chi connectivity index (χ0v) is 11.3. The summed E-state index contributed by atoms with van der Waals surface area (Å²) in [7, 11) is 1.69. The topological polar surface area (TPSA) is 9.23 Å². The summed E-state index contributed by atoms with van der Waals surface area (Å²) in [6.45, 7) is 6.55. The lowest BCUT2D eigenvalue weighted by atomic mass is 9.92. The van der Waals surface area contributed by atoms with Gasteiger partial charge in [0.05, 0.1) is 7.11 Å². The van der Waals surface area contributed by atoms with Crippen LogP contribution in [0, 0.1) is 11.8 Å². The molecule has 1 aromatic rings. The van der Waals surface area contributed by atoms with Gasteiger partial charge in [-0.1, -0.05) is 32.9 Å². The molecule has 1 rings (SSSR count). The summed E-state index contributed by atoms with van der Waals surface area (Å²) < 4.78 is 5.13. The van der Waals surface area contributed by atoms with Crippen LogP contribution in [0.15, 0.2) is 24.3 Å². The molecule has 0 saturated heterocycles. The number of ether oxygens (including phenoxy) is 1. The molecule has 0 aliphatic heterocycles. The third-order valence-corrected chi connectivity index (χ3v) is 3.83. The lowest BCUT2D eigenvalue weighted by Gasteiger charge is -2.21. The molecule has 0 radical (unpaired) electrons. The Labute approximate surface area is 104 Å². The van der Waals surface area contributed by atoms with E-state index < -0.39 is 0 Å². The van der Waals surface area contributed by atoms with Gasteiger partial charge in [-0.05, 0) is 36.0 Å². The number of halogens is 1. The van der Waals surface area contributed by atoms with E-state index in [0.29, 0.717) is 11.8 Å². The SMILES string of the molecule is COc1ccc(CC(C)C(Cl)C(C)C)cc1. The van der Waals surface area contributed by atoms with Gasteiger partial charge in [0.2, 0.25) is 0 Å². The zero-order chi connectivity index (χ0) is 12.1. The standard InChI is InChI=1S/C14H21ClO/c1-10(2)14(15)11(3)9-12-5-7-13(16-4)8-6-12/h5-8,10-11,14H,9H2,1-4H3. The third-order valence-electron chi connectivity index (χ3n) is 2.90. The molecule has 0 N–H and O–H groups in total. The van der Waals surface area contributed by atoms with Gasteiger partial charge in [-0.25, -0.2) is 0 Å². The average Bonchev–Trinajstić information content (AvgIpc) is 2.28. The number of rotatable bonds is 5. The largest absolute Gasteiger partial charge is 0.497 e. The fourth-order valence-electron chi connectivity index (χ4n) is 1.90. The first-order chi connectivity index (χ1) is 7.54. The van der Waals surface area contributed by atoms with Gasteiger partial charge in [-0.2, -0.15) is 0 Å². The summed E-state index contributed by atoms with van der Waals surface area (Å²) in [6.07, 6.45) is 1.02. The van der Waals surface area contributed by atoms with E-state index in [2.05, 4.69) is 32.9 Å². The lowest BCUT2D eigenvalue weighted by Crippen LogP contribution is -2.19. The summed E-state index contributed by atoms with van der Waals surface area (Å²) in [5.74, 6) is 1.92. The van der Waals surface area contributed by atoms with Crippen molar-refractivity contribution in [2.24, 2.45) is 11.8 Å². The Bertz CT molecular complexity index is 305. The number of hydrogen-bond acceptors (Lipinski definition) is 1. The van der Waals surface area contributed by atoms with Gasteiger partial charge < -0.3 is 4.74 Å². The summed E-state index contributed by atoms with van der Waals surface area (Å²) in [4.78, 5) is 0. The van der Waals surface area contributed by atoms with Gasteiger partial charge in [0, 0.05) is 5.38 Å². The Hall–Kier alpha value is -0.690. The minimum atomic E-state index is 0.238. The number of methoxy groups -OCH3 is 1. The average molecular weight is 241 g/mol. The van der Waals surface area contributed by atoms with Crippen LogP contribution in [0.2, 0.25) is 0 Å². The van der Waals surface area contributed by atoms with Crippen LogP contribution in [-0.4, -0.2) is 12.5 Å². The van der Waals surface area contributed by atoms with Crippen molar-refractivity contribution in [1.82, 2.24) is 0 Å². The second kappa shape index (κ2) is 6.15. The second-order valence-corrected chi connectivity index (χ2v) is 5.22. The first-order valence-corrected chi connectivity index (χ1v) is 6.25. The predicted octanol–water partition coefficient (Wildman–Crippen LogP) is 4.14. The summed E-state index contributed by atoms with van der Waals surface area (Å²) >= 11 is 6.35. The van der Waals surface area contributed by atoms with Crippen molar-refractivity contribution >= 4 is 11.6 Å². The highest BCUT2D eigenvalue weighted by Crippen LogP contribution is 2.23. The van der Waals surface area contributed by atoms with Gasteiger partial charge in [-0.3, -0.25) is 0 Å². The normalized spacial score (nSPS) is 14.9. The van der Waals surface area contributed by atoms with Crippen molar-refractivity contribution in [2.75, 3.05) is 7.11 Å². The van der Waals surface area contributed by atoms with Gasteiger partial charge in [0.1, 0.15) is 5.75 Å². The van der Waals surface area contributed by atoms with Gasteiger partial charge in [-0.15, -0.1) is 11.6 Å². The molecule has 0 bridgehead atoms. The summed E-state index contributed by atoms with van der Waals surface area (Å²) in [5.41, 5.74) is 1.32. The highest BCUT2D eigenvalue weighted by molar-refractivity contribution is 6.20. The van der Waals surface area contributed by atoms with Crippen molar-refractivity contribution < 1.29 is 4.74 Å². The highest BCUT2D eigenvalue weighted by Gasteiger charge is 2.18. The maximum Gasteiger partial charge on any atom is 0.118 e. The van der Waals surface area contributed by atoms with Gasteiger partial charge in [0.25, 0.3) is 0 Å². The Morgan fingerprint density at radius 3 is 2.12 bits per heavy atom. The van der Waals surface area contributed by atoms with Crippen LogP contribution >= 0.6 is 11.6 Å². The molecule has 1 nitrogen and oxygen atoms in total. The van der Waals surface area contributed by atoms with Crippen LogP contribution in [0.25, 0.3) is 0 Å². The van der Waals surface area contributed by atoms with Crippen LogP contribution in [0.3, 0.4) is 0 Å². The monoisotopic (exact) mass is 240 g/mol. The minimum absolute atomic E-state index is 0.238. The molecule has 2 heteroatoms. The van der Waals surface area contributed by atoms with Crippen LogP contribution in [0.1, 0.15) is 26.3 Å². The number of alkyl halides is 1. The van der Waals surface area contributed by atoms with Crippen LogP contribution in [0.4, 0.5) is 0 Å². The molecule has 2 atom stereocenters. The maximum absolute atomic E-state index is 6.35. The quantitative estimate of drug-likeness (QED) is 0.703. The fourth-order valence-corrected chi connectivity index (χ4v) is 1.99. The molecule has 0 aromatic heterocycles. The first kappa shape index (κ1) is 13.4. The molecule has 0 amide bonds. The van der Waals surface area contributed by atoms with Gasteiger partial charge in [0.15, 0.2) is 0 Å². The van der Waals surface area contributed by atoms with E-state index >= 15 is 0 Å². The predicted molar refractivity (Wildman–Crippen MR) is 70.3 cm³/mol. The molecule has 0 heterocycles. The lowest BCUT2D eigenvalue weighted by molar-refractivity contribution is 0.414. The van der Waals surface area contributed by atoms with Crippen molar-refractivity contribution in [3.8, 4) is 5.75 Å². The second-order valence-electron chi connectivity index (χ2n) is 4.72. The first-order valence-electron chi connectivity index (χ1n) is 5.81. The van der Waals surface area contributed by atoms with E-state index in [-0.39, 0.29) is 5.38 Å². The van der Waals surface area contributed by atoms with Gasteiger partial charge >= 0.3 is 0 Å². The molecule has 0 aliphatic carbocycles. The van der Waals surface area contributed by atoms with Crippen LogP contribution in [0.5, 0.6) is 5.75 Å². The smallest absolute Gasteiger partial charge is 0.118 e. The molecular formula is C14H21ClO. The van der Waals surface area contributed by atoms with Crippen molar-refractivity contribution in [1.29, 1.82) is 0 Å². The zero-order valence-electron chi connectivity index (χ0n) is 10.5. The van der Waals surface area contributed by atoms with E-state index in [0.717, 1.165) is 12.2 Å². The Balaban J connectivity index is 2.59. The molecule has 0 fully saturated rings. The molecular weight excluding hydrogens is 220 g/mol. The van der Waals surface area contributed by atoms with E-state index in [1.54, 1.807) is 7.11 Å². The van der Waals surface area contributed by atoms with E-state index in [1.165, 1.54) is 5.56 Å². The molecule has 2 unspecified atom stereocenters. The van der Waals surface area contributed by atoms with Crippen molar-refractivity contribution in [3.63, 3.8) is 0 Å². The van der Waals surface area contributed by atoms with Crippen molar-refractivity contribution in [3.05, 3.63) is 29.8 Å². The fraction of sp³-hybridized carbons (Fsp3) is 0.571.